The Hall–Kier alpha value is -0.980. The largest absolute Gasteiger partial charge is 0.291 e. The molecule has 0 bridgehead atoms. The molecule has 14 heavy (non-hydrogen) atoms. The maximum atomic E-state index is 11.2. The maximum absolute atomic E-state index is 11.2. The summed E-state index contributed by atoms with van der Waals surface area (Å²) in [5.41, 5.74) is 0.298. The molecule has 0 saturated heterocycles. The monoisotopic (exact) mass is 218 g/mol. The fourth-order valence-corrected chi connectivity index (χ4v) is 1.06. The molecule has 6 heteroatoms. The second-order valence-corrected chi connectivity index (χ2v) is 3.39. The number of ketones is 1. The lowest BCUT2D eigenvalue weighted by atomic mass is 10.1. The molecule has 0 aliphatic rings. The summed E-state index contributed by atoms with van der Waals surface area (Å²) in [7, 11) is -4.54. The van der Waals surface area contributed by atoms with Crippen molar-refractivity contribution in [3.8, 4) is 0 Å². The Morgan fingerprint density at radius 3 is 2.29 bits per heavy atom. The third-order valence-corrected chi connectivity index (χ3v) is 1.79. The van der Waals surface area contributed by atoms with Crippen LogP contribution in [0.5, 0.6) is 0 Å². The first-order chi connectivity index (χ1) is 6.49. The quantitative estimate of drug-likeness (QED) is 0.534. The molecule has 0 aliphatic carbocycles. The van der Waals surface area contributed by atoms with E-state index in [-0.39, 0.29) is 0 Å². The van der Waals surface area contributed by atoms with Crippen LogP contribution in [0.4, 0.5) is 0 Å². The van der Waals surface area contributed by atoms with Gasteiger partial charge < -0.3 is 0 Å². The van der Waals surface area contributed by atoms with Gasteiger partial charge in [-0.3, -0.25) is 4.79 Å². The molecule has 0 aromatic heterocycles. The van der Waals surface area contributed by atoms with Crippen molar-refractivity contribution in [1.82, 2.24) is 0 Å². The average molecular weight is 219 g/mol. The van der Waals surface area contributed by atoms with Gasteiger partial charge in [-0.25, -0.2) is 0 Å². The number of carbonyl (C=O) groups is 1. The minimum absolute atomic E-state index is 0.298. The van der Waals surface area contributed by atoms with E-state index in [0.717, 1.165) is 0 Å². The average Bonchev–Trinajstić information content (AvgIpc) is 2.14. The van der Waals surface area contributed by atoms with Crippen LogP contribution in [-0.2, 0) is 4.29 Å². The van der Waals surface area contributed by atoms with Crippen molar-refractivity contribution >= 4 is 5.78 Å². The molecule has 0 spiro atoms. The summed E-state index contributed by atoms with van der Waals surface area (Å²) in [5, 5.41) is 0. The molecule has 0 N–H and O–H groups in total. The van der Waals surface area contributed by atoms with Crippen molar-refractivity contribution in [2.75, 3.05) is 6.61 Å². The summed E-state index contributed by atoms with van der Waals surface area (Å²) in [6, 6.07) is 7.95. The topological polar surface area (TPSA) is 95.5 Å². The summed E-state index contributed by atoms with van der Waals surface area (Å²) in [5.74, 6) is -0.558. The number of carbonyl (C=O) groups excluding carboxylic acids is 1. The summed E-state index contributed by atoms with van der Waals surface area (Å²) in [6.45, 7) is -0.766. The molecule has 0 aliphatic heterocycles. The molecular weight excluding hydrogens is 212 g/mol. The van der Waals surface area contributed by atoms with Gasteiger partial charge >= 0.3 is 0 Å². The van der Waals surface area contributed by atoms with E-state index in [1.807, 2.05) is 0 Å². The molecule has 0 fully saturated rings. The highest BCUT2D eigenvalue weighted by atomic mass is 35.7. The van der Waals surface area contributed by atoms with Crippen LogP contribution in [0.15, 0.2) is 30.3 Å². The molecule has 1 rings (SSSR count). The fourth-order valence-electron chi connectivity index (χ4n) is 0.824. The van der Waals surface area contributed by atoms with E-state index in [1.165, 1.54) is 12.1 Å². The van der Waals surface area contributed by atoms with E-state index in [4.69, 9.17) is 0 Å². The molecule has 0 heterocycles. The SMILES string of the molecule is O=C(CO[Cl+3]([O-])([O-])[O-])c1ccccc1. The number of hydrogen-bond donors (Lipinski definition) is 0. The number of Topliss-reactive ketones (excluding diaryl/α,β-unsaturated/α-hetero) is 1. The Morgan fingerprint density at radius 2 is 1.79 bits per heavy atom. The van der Waals surface area contributed by atoms with Crippen molar-refractivity contribution in [3.05, 3.63) is 35.9 Å². The lowest BCUT2D eigenvalue weighted by Crippen LogP contribution is -2.61. The van der Waals surface area contributed by atoms with E-state index in [1.54, 1.807) is 18.2 Å². The first-order valence-electron chi connectivity index (χ1n) is 3.62. The van der Waals surface area contributed by atoms with Gasteiger partial charge in [-0.05, 0) is 0 Å². The summed E-state index contributed by atoms with van der Waals surface area (Å²) in [6.07, 6.45) is 0. The van der Waals surface area contributed by atoms with Gasteiger partial charge in [-0.2, -0.15) is 14.0 Å². The zero-order valence-electron chi connectivity index (χ0n) is 7.01. The van der Waals surface area contributed by atoms with Crippen molar-refractivity contribution in [3.63, 3.8) is 0 Å². The van der Waals surface area contributed by atoms with Gasteiger partial charge in [0.05, 0.1) is 14.5 Å². The van der Waals surface area contributed by atoms with E-state index >= 15 is 0 Å². The maximum Gasteiger partial charge on any atom is 0.265 e. The Labute approximate surface area is 82.3 Å². The molecule has 0 unspecified atom stereocenters. The predicted octanol–water partition coefficient (Wildman–Crippen LogP) is -2.22. The summed E-state index contributed by atoms with van der Waals surface area (Å²) in [4.78, 5) is 11.2. The first-order valence-corrected chi connectivity index (χ1v) is 4.86. The van der Waals surface area contributed by atoms with Crippen molar-refractivity contribution in [2.24, 2.45) is 0 Å². The van der Waals surface area contributed by atoms with Crippen LogP contribution in [0.25, 0.3) is 0 Å². The number of hydrogen-bond acceptors (Lipinski definition) is 5. The standard InChI is InChI=1S/C8H7ClO5/c10-8(6-14-9(11,12)13)7-4-2-1-3-5-7/h1-5H,6H2. The van der Waals surface area contributed by atoms with Gasteiger partial charge in [0.15, 0.2) is 0 Å². The molecular formula is C8H7ClO5. The van der Waals surface area contributed by atoms with Gasteiger partial charge in [0, 0.05) is 5.56 Å². The van der Waals surface area contributed by atoms with Gasteiger partial charge in [0.25, 0.3) is 6.61 Å². The van der Waals surface area contributed by atoms with Gasteiger partial charge in [0.2, 0.25) is 5.78 Å². The first kappa shape index (κ1) is 11.1. The van der Waals surface area contributed by atoms with Crippen LogP contribution in [0.3, 0.4) is 0 Å². The number of benzene rings is 1. The zero-order valence-corrected chi connectivity index (χ0v) is 7.77. The van der Waals surface area contributed by atoms with Gasteiger partial charge in [0.1, 0.15) is 0 Å². The van der Waals surface area contributed by atoms with Crippen LogP contribution in [0.2, 0.25) is 0 Å². The zero-order chi connectivity index (χ0) is 10.6. The van der Waals surface area contributed by atoms with Crippen LogP contribution < -0.4 is 14.0 Å². The van der Waals surface area contributed by atoms with E-state index < -0.39 is 22.6 Å². The third kappa shape index (κ3) is 3.82. The van der Waals surface area contributed by atoms with Crippen LogP contribution in [0.1, 0.15) is 10.4 Å². The highest BCUT2D eigenvalue weighted by Crippen LogP contribution is 2.01. The van der Waals surface area contributed by atoms with Crippen LogP contribution >= 0.6 is 0 Å². The number of rotatable bonds is 4. The van der Waals surface area contributed by atoms with Crippen LogP contribution in [0, 0.1) is 10.2 Å². The fraction of sp³-hybridized carbons (Fsp3) is 0.125. The second kappa shape index (κ2) is 4.50. The Kier molecular flexibility index (Phi) is 3.56. The summed E-state index contributed by atoms with van der Waals surface area (Å²) < 4.78 is 33.8. The molecule has 0 atom stereocenters. The second-order valence-electron chi connectivity index (χ2n) is 2.42. The summed E-state index contributed by atoms with van der Waals surface area (Å²) >= 11 is 0. The van der Waals surface area contributed by atoms with E-state index in [9.17, 15) is 18.8 Å². The molecule has 5 nitrogen and oxygen atoms in total. The smallest absolute Gasteiger partial charge is 0.265 e. The van der Waals surface area contributed by atoms with Crippen molar-refractivity contribution in [1.29, 1.82) is 0 Å². The lowest BCUT2D eigenvalue weighted by molar-refractivity contribution is -1.92. The van der Waals surface area contributed by atoms with E-state index in [2.05, 4.69) is 4.29 Å². The lowest BCUT2D eigenvalue weighted by Gasteiger charge is -2.11. The highest BCUT2D eigenvalue weighted by molar-refractivity contribution is 5.96. The van der Waals surface area contributed by atoms with Crippen molar-refractivity contribution in [2.45, 2.75) is 0 Å². The normalized spacial score (nSPS) is 11.4. The Morgan fingerprint density at radius 1 is 1.21 bits per heavy atom. The van der Waals surface area contributed by atoms with Gasteiger partial charge in [-0.15, -0.1) is 0 Å². The molecule has 0 radical (unpaired) electrons. The van der Waals surface area contributed by atoms with Crippen molar-refractivity contribution < 1.29 is 33.3 Å². The van der Waals surface area contributed by atoms with Gasteiger partial charge in [-0.1, -0.05) is 30.3 Å². The minimum atomic E-state index is -4.54. The molecule has 0 amide bonds. The van der Waals surface area contributed by atoms with E-state index in [0.29, 0.717) is 5.56 Å². The predicted molar refractivity (Wildman–Crippen MR) is 36.7 cm³/mol. The molecule has 1 aromatic rings. The molecule has 0 saturated carbocycles. The molecule has 76 valence electrons. The third-order valence-electron chi connectivity index (χ3n) is 1.42. The number of halogens is 1. The highest BCUT2D eigenvalue weighted by Gasteiger charge is 2.21. The Bertz CT molecular complexity index is 305. The Balaban J connectivity index is 2.52. The molecule has 1 aromatic carbocycles. The van der Waals surface area contributed by atoms with Crippen LogP contribution in [-0.4, -0.2) is 12.4 Å². The minimum Gasteiger partial charge on any atom is -0.291 e.